The Morgan fingerprint density at radius 3 is 2.47 bits per heavy atom. The second-order valence-corrected chi connectivity index (χ2v) is 8.96. The molecule has 1 aliphatic rings. The lowest BCUT2D eigenvalue weighted by Gasteiger charge is -2.22. The van der Waals surface area contributed by atoms with Crippen molar-refractivity contribution in [1.29, 1.82) is 0 Å². The van der Waals surface area contributed by atoms with E-state index in [0.29, 0.717) is 6.42 Å². The number of benzene rings is 1. The lowest BCUT2D eigenvalue weighted by Crippen LogP contribution is -2.28. The van der Waals surface area contributed by atoms with E-state index in [-0.39, 0.29) is 29.7 Å². The lowest BCUT2D eigenvalue weighted by atomic mass is 9.97. The van der Waals surface area contributed by atoms with Crippen LogP contribution in [0.3, 0.4) is 0 Å². The number of halogens is 3. The maximum Gasteiger partial charge on any atom is 0.434 e. The third kappa shape index (κ3) is 6.30. The molecule has 190 valence electrons. The van der Waals surface area contributed by atoms with Gasteiger partial charge in [-0.05, 0) is 37.0 Å². The number of aromatic nitrogens is 3. The molecule has 1 unspecified atom stereocenters. The quantitative estimate of drug-likeness (QED) is 0.400. The number of ether oxygens (including phenoxy) is 1. The average molecular weight is 501 g/mol. The molecule has 1 fully saturated rings. The fourth-order valence-electron chi connectivity index (χ4n) is 4.45. The zero-order chi connectivity index (χ0) is 25.7. The van der Waals surface area contributed by atoms with Gasteiger partial charge >= 0.3 is 12.1 Å². The van der Waals surface area contributed by atoms with Crippen molar-refractivity contribution in [1.82, 2.24) is 14.5 Å². The first-order valence-corrected chi connectivity index (χ1v) is 11.8. The van der Waals surface area contributed by atoms with Crippen LogP contribution in [0.25, 0.3) is 0 Å². The molecule has 1 amide bonds. The molecule has 4 rings (SSSR count). The number of alkyl halides is 3. The summed E-state index contributed by atoms with van der Waals surface area (Å²) in [5.41, 5.74) is 0.0342. The average Bonchev–Trinajstić information content (AvgIpc) is 3.51. The molecule has 1 saturated carbocycles. The second-order valence-electron chi connectivity index (χ2n) is 8.96. The van der Waals surface area contributed by atoms with Crippen LogP contribution in [0.15, 0.2) is 54.9 Å². The van der Waals surface area contributed by atoms with E-state index in [4.69, 9.17) is 4.74 Å². The van der Waals surface area contributed by atoms with Gasteiger partial charge in [-0.1, -0.05) is 56.0 Å². The molecule has 2 aromatic heterocycles. The molecule has 7 nitrogen and oxygen atoms in total. The number of pyridine rings is 1. The molecule has 1 aliphatic carbocycles. The van der Waals surface area contributed by atoms with Crippen molar-refractivity contribution in [2.24, 2.45) is 5.92 Å². The first kappa shape index (κ1) is 25.4. The molecule has 10 heteroatoms. The van der Waals surface area contributed by atoms with Gasteiger partial charge in [0, 0.05) is 12.4 Å². The number of nitrogens with zero attached hydrogens (tertiary/aromatic N) is 3. The smallest absolute Gasteiger partial charge is 0.434 e. The predicted octanol–water partition coefficient (Wildman–Crippen LogP) is 5.72. The predicted molar refractivity (Wildman–Crippen MR) is 126 cm³/mol. The summed E-state index contributed by atoms with van der Waals surface area (Å²) in [5, 5.41) is 2.68. The standard InChI is InChI=1S/C26H27F3N4O3/c1-17-31-22(26(27,28)29)15-33(17)21(13-18-7-5-6-8-18)24(34)32-23-12-11-20(14-30-23)25(35)36-16-19-9-3-2-4-10-19/h2-4,9-12,14-15,18,21H,5-8,13,16H2,1H3,(H,30,32,34). The number of aryl methyl sites for hydroxylation is 1. The number of nitrogens with one attached hydrogen (secondary N) is 1. The van der Waals surface area contributed by atoms with Gasteiger partial charge in [0.25, 0.3) is 0 Å². The number of hydrogen-bond donors (Lipinski definition) is 1. The van der Waals surface area contributed by atoms with E-state index in [2.05, 4.69) is 15.3 Å². The van der Waals surface area contributed by atoms with Gasteiger partial charge in [-0.25, -0.2) is 14.8 Å². The van der Waals surface area contributed by atoms with Crippen molar-refractivity contribution >= 4 is 17.7 Å². The number of amides is 1. The van der Waals surface area contributed by atoms with Crippen molar-refractivity contribution in [3.8, 4) is 0 Å². The highest BCUT2D eigenvalue weighted by atomic mass is 19.4. The Morgan fingerprint density at radius 1 is 1.14 bits per heavy atom. The van der Waals surface area contributed by atoms with Crippen LogP contribution in [0.4, 0.5) is 19.0 Å². The molecule has 1 N–H and O–H groups in total. The van der Waals surface area contributed by atoms with Crippen molar-refractivity contribution in [2.45, 2.75) is 57.9 Å². The SMILES string of the molecule is Cc1nc(C(F)(F)F)cn1C(CC1CCCC1)C(=O)Nc1ccc(C(=O)OCc2ccccc2)cn1. The van der Waals surface area contributed by atoms with Gasteiger partial charge in [-0.15, -0.1) is 0 Å². The maximum absolute atomic E-state index is 13.2. The fraction of sp³-hybridized carbons (Fsp3) is 0.385. The summed E-state index contributed by atoms with van der Waals surface area (Å²) in [4.78, 5) is 33.3. The fourth-order valence-corrected chi connectivity index (χ4v) is 4.45. The lowest BCUT2D eigenvalue weighted by molar-refractivity contribution is -0.141. The molecule has 0 saturated heterocycles. The van der Waals surface area contributed by atoms with E-state index < -0.39 is 29.8 Å². The van der Waals surface area contributed by atoms with Crippen molar-refractivity contribution in [3.05, 3.63) is 77.5 Å². The van der Waals surface area contributed by atoms with Gasteiger partial charge in [-0.2, -0.15) is 13.2 Å². The van der Waals surface area contributed by atoms with Crippen LogP contribution in [0.5, 0.6) is 0 Å². The minimum absolute atomic E-state index is 0.116. The summed E-state index contributed by atoms with van der Waals surface area (Å²) in [6.45, 7) is 1.57. The number of imidazole rings is 1. The van der Waals surface area contributed by atoms with Crippen LogP contribution in [-0.4, -0.2) is 26.4 Å². The van der Waals surface area contributed by atoms with Crippen LogP contribution in [0.1, 0.15) is 65.6 Å². The molecule has 0 radical (unpaired) electrons. The van der Waals surface area contributed by atoms with E-state index in [1.54, 1.807) is 0 Å². The Kier molecular flexibility index (Phi) is 7.71. The Morgan fingerprint density at radius 2 is 1.86 bits per heavy atom. The summed E-state index contributed by atoms with van der Waals surface area (Å²) in [6, 6.07) is 11.3. The number of anilines is 1. The van der Waals surface area contributed by atoms with E-state index in [9.17, 15) is 22.8 Å². The van der Waals surface area contributed by atoms with E-state index in [0.717, 1.165) is 37.4 Å². The van der Waals surface area contributed by atoms with Crippen LogP contribution in [-0.2, 0) is 22.3 Å². The van der Waals surface area contributed by atoms with Crippen molar-refractivity contribution < 1.29 is 27.5 Å². The number of carbonyl (C=O) groups is 2. The van der Waals surface area contributed by atoms with E-state index in [1.807, 2.05) is 30.3 Å². The monoisotopic (exact) mass is 500 g/mol. The molecular formula is C26H27F3N4O3. The van der Waals surface area contributed by atoms with Gasteiger partial charge in [0.2, 0.25) is 5.91 Å². The highest BCUT2D eigenvalue weighted by Gasteiger charge is 2.36. The molecule has 3 aromatic rings. The largest absolute Gasteiger partial charge is 0.457 e. The first-order valence-electron chi connectivity index (χ1n) is 11.8. The third-order valence-corrected chi connectivity index (χ3v) is 6.34. The summed E-state index contributed by atoms with van der Waals surface area (Å²) < 4.78 is 46.3. The first-order chi connectivity index (χ1) is 17.2. The van der Waals surface area contributed by atoms with Gasteiger partial charge in [0.1, 0.15) is 24.3 Å². The van der Waals surface area contributed by atoms with Crippen LogP contribution < -0.4 is 5.32 Å². The highest BCUT2D eigenvalue weighted by Crippen LogP contribution is 2.35. The van der Waals surface area contributed by atoms with Crippen LogP contribution in [0, 0.1) is 12.8 Å². The number of esters is 1. The molecular weight excluding hydrogens is 473 g/mol. The third-order valence-electron chi connectivity index (χ3n) is 6.34. The zero-order valence-corrected chi connectivity index (χ0v) is 19.8. The summed E-state index contributed by atoms with van der Waals surface area (Å²) >= 11 is 0. The van der Waals surface area contributed by atoms with Gasteiger partial charge < -0.3 is 14.6 Å². The Balaban J connectivity index is 1.45. The van der Waals surface area contributed by atoms with E-state index in [1.165, 1.54) is 29.8 Å². The van der Waals surface area contributed by atoms with Gasteiger partial charge in [0.05, 0.1) is 5.56 Å². The molecule has 0 aliphatic heterocycles. The molecule has 36 heavy (non-hydrogen) atoms. The highest BCUT2D eigenvalue weighted by molar-refractivity contribution is 5.94. The topological polar surface area (TPSA) is 86.1 Å². The number of hydrogen-bond acceptors (Lipinski definition) is 5. The number of carbonyl (C=O) groups excluding carboxylic acids is 2. The van der Waals surface area contributed by atoms with Gasteiger partial charge in [-0.3, -0.25) is 4.79 Å². The molecule has 1 aromatic carbocycles. The van der Waals surface area contributed by atoms with Crippen LogP contribution in [0.2, 0.25) is 0 Å². The summed E-state index contributed by atoms with van der Waals surface area (Å²) in [6.07, 6.45) is 1.94. The summed E-state index contributed by atoms with van der Waals surface area (Å²) in [5.74, 6) is -0.499. The Hall–Kier alpha value is -3.69. The Labute approximate surface area is 206 Å². The minimum atomic E-state index is -4.60. The minimum Gasteiger partial charge on any atom is -0.457 e. The second kappa shape index (κ2) is 10.9. The zero-order valence-electron chi connectivity index (χ0n) is 19.8. The maximum atomic E-state index is 13.2. The molecule has 0 bridgehead atoms. The van der Waals surface area contributed by atoms with Crippen molar-refractivity contribution in [2.75, 3.05) is 5.32 Å². The molecule has 0 spiro atoms. The summed E-state index contributed by atoms with van der Waals surface area (Å²) in [7, 11) is 0. The van der Waals surface area contributed by atoms with Gasteiger partial charge in [0.15, 0.2) is 5.69 Å². The molecule has 2 heterocycles. The van der Waals surface area contributed by atoms with E-state index >= 15 is 0 Å². The van der Waals surface area contributed by atoms with Crippen LogP contribution >= 0.6 is 0 Å². The Bertz CT molecular complexity index is 1190. The number of rotatable bonds is 8. The molecule has 1 atom stereocenters. The van der Waals surface area contributed by atoms with Crippen molar-refractivity contribution in [3.63, 3.8) is 0 Å². The normalized spacial score (nSPS) is 15.0.